The van der Waals surface area contributed by atoms with E-state index in [1.807, 2.05) is 6.08 Å². The minimum absolute atomic E-state index is 0.0334. The number of ether oxygens (including phenoxy) is 3. The van der Waals surface area contributed by atoms with E-state index in [2.05, 4.69) is 36.9 Å². The summed E-state index contributed by atoms with van der Waals surface area (Å²) < 4.78 is 17.4. The summed E-state index contributed by atoms with van der Waals surface area (Å²) in [7, 11) is 0. The predicted molar refractivity (Wildman–Crippen MR) is 118 cm³/mol. The molecule has 0 spiro atoms. The lowest BCUT2D eigenvalue weighted by Crippen LogP contribution is -2.28. The van der Waals surface area contributed by atoms with Gasteiger partial charge in [0.2, 0.25) is 0 Å². The Balaban J connectivity index is 1.61. The maximum atomic E-state index is 11.2. The van der Waals surface area contributed by atoms with Crippen molar-refractivity contribution in [3.05, 3.63) is 69.8 Å². The van der Waals surface area contributed by atoms with E-state index >= 15 is 0 Å². The van der Waals surface area contributed by atoms with Crippen molar-refractivity contribution in [3.63, 3.8) is 0 Å². The van der Waals surface area contributed by atoms with Gasteiger partial charge in [0.1, 0.15) is 12.4 Å². The average molecular weight is 427 g/mol. The SMILES string of the molecule is C=Cc1ccc(Cc2cc([C@@H]3CCC[C@H](COC(C)=O)O3)c3c(c2Cl)OCC3)cc1. The minimum Gasteiger partial charge on any atom is -0.491 e. The molecule has 0 aliphatic carbocycles. The van der Waals surface area contributed by atoms with Crippen LogP contribution in [-0.4, -0.2) is 25.3 Å². The maximum Gasteiger partial charge on any atom is 0.302 e. The highest BCUT2D eigenvalue weighted by atomic mass is 35.5. The van der Waals surface area contributed by atoms with Gasteiger partial charge in [0.05, 0.1) is 23.8 Å². The van der Waals surface area contributed by atoms with Crippen LogP contribution < -0.4 is 4.74 Å². The van der Waals surface area contributed by atoms with Crippen LogP contribution in [0.25, 0.3) is 6.08 Å². The third kappa shape index (κ3) is 4.55. The van der Waals surface area contributed by atoms with E-state index in [1.54, 1.807) is 0 Å². The first-order chi connectivity index (χ1) is 14.5. The molecule has 2 aliphatic heterocycles. The number of benzene rings is 2. The van der Waals surface area contributed by atoms with Crippen LogP contribution in [0.2, 0.25) is 5.02 Å². The lowest BCUT2D eigenvalue weighted by molar-refractivity contribution is -0.149. The molecule has 30 heavy (non-hydrogen) atoms. The lowest BCUT2D eigenvalue weighted by Gasteiger charge is -2.31. The van der Waals surface area contributed by atoms with E-state index < -0.39 is 0 Å². The second-order valence-corrected chi connectivity index (χ2v) is 8.33. The summed E-state index contributed by atoms with van der Waals surface area (Å²) in [5.74, 6) is 0.531. The predicted octanol–water partition coefficient (Wildman–Crippen LogP) is 5.68. The van der Waals surface area contributed by atoms with Crippen molar-refractivity contribution in [1.82, 2.24) is 0 Å². The topological polar surface area (TPSA) is 44.8 Å². The quantitative estimate of drug-likeness (QED) is 0.557. The number of hydrogen-bond donors (Lipinski definition) is 0. The highest BCUT2D eigenvalue weighted by Crippen LogP contribution is 2.44. The van der Waals surface area contributed by atoms with Gasteiger partial charge in [-0.1, -0.05) is 54.6 Å². The van der Waals surface area contributed by atoms with Gasteiger partial charge in [-0.25, -0.2) is 0 Å². The number of esters is 1. The van der Waals surface area contributed by atoms with Crippen LogP contribution in [0.4, 0.5) is 0 Å². The van der Waals surface area contributed by atoms with Crippen molar-refractivity contribution in [2.45, 2.75) is 51.2 Å². The van der Waals surface area contributed by atoms with Crippen molar-refractivity contribution in [2.24, 2.45) is 0 Å². The van der Waals surface area contributed by atoms with Gasteiger partial charge in [0.25, 0.3) is 0 Å². The van der Waals surface area contributed by atoms with Gasteiger partial charge in [-0.15, -0.1) is 0 Å². The molecular formula is C25H27ClO4. The van der Waals surface area contributed by atoms with Crippen LogP contribution in [-0.2, 0) is 27.1 Å². The Hall–Kier alpha value is -2.30. The van der Waals surface area contributed by atoms with Crippen molar-refractivity contribution in [1.29, 1.82) is 0 Å². The van der Waals surface area contributed by atoms with E-state index in [1.165, 1.54) is 12.5 Å². The Morgan fingerprint density at radius 3 is 2.83 bits per heavy atom. The summed E-state index contributed by atoms with van der Waals surface area (Å²) >= 11 is 6.75. The number of fused-ring (bicyclic) bond motifs is 1. The molecule has 2 atom stereocenters. The number of carbonyl (C=O) groups is 1. The number of hydrogen-bond acceptors (Lipinski definition) is 4. The van der Waals surface area contributed by atoms with Crippen molar-refractivity contribution in [2.75, 3.05) is 13.2 Å². The molecule has 4 rings (SSSR count). The minimum atomic E-state index is -0.272. The Morgan fingerprint density at radius 1 is 1.30 bits per heavy atom. The van der Waals surface area contributed by atoms with Crippen LogP contribution in [0.15, 0.2) is 36.9 Å². The van der Waals surface area contributed by atoms with Crippen molar-refractivity contribution < 1.29 is 19.0 Å². The zero-order chi connectivity index (χ0) is 21.1. The summed E-state index contributed by atoms with van der Waals surface area (Å²) in [5.41, 5.74) is 5.64. The molecule has 0 unspecified atom stereocenters. The van der Waals surface area contributed by atoms with Crippen LogP contribution in [0.3, 0.4) is 0 Å². The summed E-state index contributed by atoms with van der Waals surface area (Å²) in [6, 6.07) is 10.5. The molecule has 5 heteroatoms. The highest BCUT2D eigenvalue weighted by Gasteiger charge is 2.31. The van der Waals surface area contributed by atoms with Crippen molar-refractivity contribution in [3.8, 4) is 5.75 Å². The maximum absolute atomic E-state index is 11.2. The van der Waals surface area contributed by atoms with Gasteiger partial charge in [0, 0.05) is 18.9 Å². The zero-order valence-corrected chi connectivity index (χ0v) is 18.0. The van der Waals surface area contributed by atoms with Gasteiger partial charge in [-0.3, -0.25) is 4.79 Å². The van der Waals surface area contributed by atoms with Crippen LogP contribution >= 0.6 is 11.6 Å². The smallest absolute Gasteiger partial charge is 0.302 e. The molecule has 0 N–H and O–H groups in total. The second-order valence-electron chi connectivity index (χ2n) is 7.95. The Labute approximate surface area is 182 Å². The Bertz CT molecular complexity index is 935. The van der Waals surface area contributed by atoms with E-state index in [9.17, 15) is 4.79 Å². The standard InChI is InChI=1S/C25H27ClO4/c1-3-17-7-9-18(10-8-17)13-19-14-22(21-11-12-28-25(21)24(19)26)23-6-4-5-20(30-23)15-29-16(2)27/h3,7-10,14,20,23H,1,4-6,11-13,15H2,2H3/t20-,23+/m1/s1. The van der Waals surface area contributed by atoms with Crippen LogP contribution in [0.5, 0.6) is 5.75 Å². The molecule has 0 bridgehead atoms. The molecule has 0 amide bonds. The van der Waals surface area contributed by atoms with Crippen LogP contribution in [0.1, 0.15) is 60.1 Å². The summed E-state index contributed by atoms with van der Waals surface area (Å²) in [6.07, 6.45) is 6.18. The van der Waals surface area contributed by atoms with E-state index in [-0.39, 0.29) is 18.2 Å². The fourth-order valence-corrected chi connectivity index (χ4v) is 4.57. The van der Waals surface area contributed by atoms with Gasteiger partial charge in [0.15, 0.2) is 0 Å². The second kappa shape index (κ2) is 9.23. The summed E-state index contributed by atoms with van der Waals surface area (Å²) in [5, 5.41) is 0.700. The first-order valence-corrected chi connectivity index (χ1v) is 10.9. The molecule has 0 radical (unpaired) electrons. The summed E-state index contributed by atoms with van der Waals surface area (Å²) in [4.78, 5) is 11.2. The van der Waals surface area contributed by atoms with Crippen molar-refractivity contribution >= 4 is 23.6 Å². The third-order valence-corrected chi connectivity index (χ3v) is 6.22. The normalized spacial score (nSPS) is 20.3. The van der Waals surface area contributed by atoms with Gasteiger partial charge in [-0.2, -0.15) is 0 Å². The molecule has 1 saturated heterocycles. The number of rotatable bonds is 6. The van der Waals surface area contributed by atoms with E-state index in [0.29, 0.717) is 18.2 Å². The molecule has 2 heterocycles. The molecule has 0 aromatic heterocycles. The van der Waals surface area contributed by atoms with Gasteiger partial charge >= 0.3 is 5.97 Å². The van der Waals surface area contributed by atoms with E-state index in [0.717, 1.165) is 60.1 Å². The molecule has 0 saturated carbocycles. The zero-order valence-electron chi connectivity index (χ0n) is 17.3. The highest BCUT2D eigenvalue weighted by molar-refractivity contribution is 6.33. The monoisotopic (exact) mass is 426 g/mol. The fraction of sp³-hybridized carbons (Fsp3) is 0.400. The molecule has 4 nitrogen and oxygen atoms in total. The number of carbonyl (C=O) groups excluding carboxylic acids is 1. The first-order valence-electron chi connectivity index (χ1n) is 10.5. The third-order valence-electron chi connectivity index (χ3n) is 5.81. The van der Waals surface area contributed by atoms with Crippen LogP contribution in [0, 0.1) is 0 Å². The lowest BCUT2D eigenvalue weighted by atomic mass is 9.90. The Kier molecular flexibility index (Phi) is 6.45. The molecule has 2 aliphatic rings. The largest absolute Gasteiger partial charge is 0.491 e. The van der Waals surface area contributed by atoms with Gasteiger partial charge < -0.3 is 14.2 Å². The fourth-order valence-electron chi connectivity index (χ4n) is 4.28. The van der Waals surface area contributed by atoms with E-state index in [4.69, 9.17) is 25.8 Å². The number of halogens is 1. The molecule has 1 fully saturated rings. The average Bonchev–Trinajstić information content (AvgIpc) is 3.25. The first kappa shape index (κ1) is 21.0. The molecule has 158 valence electrons. The Morgan fingerprint density at radius 2 is 2.10 bits per heavy atom. The summed E-state index contributed by atoms with van der Waals surface area (Å²) in [6.45, 7) is 6.19. The molecule has 2 aromatic carbocycles. The molecular weight excluding hydrogens is 400 g/mol. The molecule has 2 aromatic rings. The van der Waals surface area contributed by atoms with Gasteiger partial charge in [-0.05, 0) is 47.9 Å².